The summed E-state index contributed by atoms with van der Waals surface area (Å²) in [5.41, 5.74) is 0.186. The first-order valence-corrected chi connectivity index (χ1v) is 8.11. The average molecular weight is 402 g/mol. The number of phenols is 1. The van der Waals surface area contributed by atoms with Crippen LogP contribution in [0.4, 0.5) is 0 Å². The monoisotopic (exact) mass is 402 g/mol. The lowest BCUT2D eigenvalue weighted by molar-refractivity contribution is -0.0583. The Labute approximate surface area is 137 Å². The molecule has 0 bridgehead atoms. The molecule has 0 fully saturated rings. The van der Waals surface area contributed by atoms with Gasteiger partial charge < -0.3 is 14.4 Å². The summed E-state index contributed by atoms with van der Waals surface area (Å²) in [5, 5.41) is 13.9. The molecule has 0 spiro atoms. The maximum absolute atomic E-state index is 9.78. The molecule has 5 nitrogen and oxygen atoms in total. The number of hydrogen-bond acceptors (Lipinski definition) is 5. The van der Waals surface area contributed by atoms with Crippen molar-refractivity contribution in [2.24, 2.45) is 0 Å². The molecule has 1 aromatic heterocycles. The van der Waals surface area contributed by atoms with E-state index in [1.807, 2.05) is 32.9 Å². The molecule has 0 aliphatic rings. The largest absolute Gasteiger partial charge is 0.507 e. The number of rotatable bonds is 6. The van der Waals surface area contributed by atoms with Gasteiger partial charge in [0.05, 0.1) is 3.57 Å². The molecule has 0 unspecified atom stereocenters. The van der Waals surface area contributed by atoms with Crippen LogP contribution in [0.25, 0.3) is 11.5 Å². The highest BCUT2D eigenvalue weighted by Gasteiger charge is 2.34. The van der Waals surface area contributed by atoms with Gasteiger partial charge in [0.25, 0.3) is 5.89 Å². The van der Waals surface area contributed by atoms with E-state index in [1.165, 1.54) is 0 Å². The van der Waals surface area contributed by atoms with Crippen molar-refractivity contribution in [2.75, 3.05) is 6.61 Å². The lowest BCUT2D eigenvalue weighted by Gasteiger charge is -2.27. The molecule has 114 valence electrons. The van der Waals surface area contributed by atoms with Crippen LogP contribution in [0, 0.1) is 3.57 Å². The Bertz CT molecular complexity index is 609. The Hall–Kier alpha value is -1.15. The van der Waals surface area contributed by atoms with E-state index in [1.54, 1.807) is 6.07 Å². The van der Waals surface area contributed by atoms with Gasteiger partial charge in [-0.25, -0.2) is 0 Å². The van der Waals surface area contributed by atoms with Gasteiger partial charge in [0.15, 0.2) is 0 Å². The summed E-state index contributed by atoms with van der Waals surface area (Å²) in [6.45, 7) is 6.64. The van der Waals surface area contributed by atoms with Crippen LogP contribution in [0.5, 0.6) is 5.75 Å². The predicted molar refractivity (Wildman–Crippen MR) is 88.0 cm³/mol. The number of nitrogens with zero attached hydrogens (tertiary/aromatic N) is 2. The molecule has 6 heteroatoms. The first-order chi connectivity index (χ1) is 10.1. The van der Waals surface area contributed by atoms with E-state index in [0.29, 0.717) is 23.9 Å². The Balaban J connectivity index is 2.38. The minimum atomic E-state index is -0.512. The molecule has 1 heterocycles. The zero-order valence-electron chi connectivity index (χ0n) is 12.4. The van der Waals surface area contributed by atoms with Crippen LogP contribution in [0.1, 0.15) is 39.4 Å². The molecule has 2 rings (SSSR count). The van der Waals surface area contributed by atoms with Gasteiger partial charge in [0, 0.05) is 12.2 Å². The van der Waals surface area contributed by atoms with Gasteiger partial charge in [0.2, 0.25) is 5.82 Å². The third-order valence-corrected chi connectivity index (χ3v) is 4.50. The predicted octanol–water partition coefficient (Wildman–Crippen LogP) is 4.10. The number of ether oxygens (including phenoxy) is 1. The second-order valence-electron chi connectivity index (χ2n) is 4.72. The number of phenolic OH excluding ortho intramolecular Hbond substituents is 1. The molecule has 21 heavy (non-hydrogen) atoms. The van der Waals surface area contributed by atoms with Gasteiger partial charge in [-0.1, -0.05) is 19.0 Å². The molecule has 1 aromatic carbocycles. The van der Waals surface area contributed by atoms with Gasteiger partial charge in [0.1, 0.15) is 11.4 Å². The van der Waals surface area contributed by atoms with Gasteiger partial charge in [-0.05, 0) is 60.6 Å². The van der Waals surface area contributed by atoms with E-state index in [-0.39, 0.29) is 5.75 Å². The van der Waals surface area contributed by atoms with Crippen molar-refractivity contribution in [1.82, 2.24) is 10.1 Å². The van der Waals surface area contributed by atoms with Crippen LogP contribution in [-0.4, -0.2) is 21.9 Å². The summed E-state index contributed by atoms with van der Waals surface area (Å²) in [5.74, 6) is 1.15. The highest BCUT2D eigenvalue weighted by atomic mass is 127. The van der Waals surface area contributed by atoms with E-state index in [4.69, 9.17) is 9.26 Å². The van der Waals surface area contributed by atoms with Crippen molar-refractivity contribution in [3.05, 3.63) is 27.6 Å². The van der Waals surface area contributed by atoms with Gasteiger partial charge in [-0.3, -0.25) is 0 Å². The lowest BCUT2D eigenvalue weighted by Crippen LogP contribution is -2.29. The Morgan fingerprint density at radius 2 is 2.00 bits per heavy atom. The first kappa shape index (κ1) is 16.2. The van der Waals surface area contributed by atoms with Crippen molar-refractivity contribution in [3.8, 4) is 17.2 Å². The number of aromatic nitrogens is 2. The summed E-state index contributed by atoms with van der Waals surface area (Å²) < 4.78 is 12.0. The highest BCUT2D eigenvalue weighted by Crippen LogP contribution is 2.33. The van der Waals surface area contributed by atoms with Crippen LogP contribution in [0.3, 0.4) is 0 Å². The van der Waals surface area contributed by atoms with Crippen molar-refractivity contribution < 1.29 is 14.4 Å². The zero-order valence-corrected chi connectivity index (χ0v) is 14.5. The minimum absolute atomic E-state index is 0.204. The number of benzene rings is 1. The highest BCUT2D eigenvalue weighted by molar-refractivity contribution is 14.1. The van der Waals surface area contributed by atoms with Crippen molar-refractivity contribution in [2.45, 2.75) is 39.2 Å². The van der Waals surface area contributed by atoms with E-state index < -0.39 is 5.60 Å². The third kappa shape index (κ3) is 3.21. The molecule has 0 saturated carbocycles. The maximum Gasteiger partial charge on any atom is 0.258 e. The van der Waals surface area contributed by atoms with Crippen LogP contribution in [-0.2, 0) is 10.3 Å². The quantitative estimate of drug-likeness (QED) is 0.737. The van der Waals surface area contributed by atoms with Crippen LogP contribution >= 0.6 is 22.6 Å². The molecule has 0 radical (unpaired) electrons. The second kappa shape index (κ2) is 6.74. The van der Waals surface area contributed by atoms with Crippen LogP contribution in [0.2, 0.25) is 0 Å². The van der Waals surface area contributed by atoms with Crippen LogP contribution < -0.4 is 0 Å². The van der Waals surface area contributed by atoms with Gasteiger partial charge in [-0.15, -0.1) is 0 Å². The fraction of sp³-hybridized carbons (Fsp3) is 0.467. The van der Waals surface area contributed by atoms with Crippen LogP contribution in [0.15, 0.2) is 22.7 Å². The topological polar surface area (TPSA) is 68.4 Å². The van der Waals surface area contributed by atoms with Crippen molar-refractivity contribution >= 4 is 22.6 Å². The first-order valence-electron chi connectivity index (χ1n) is 7.03. The van der Waals surface area contributed by atoms with Crippen molar-refractivity contribution in [1.29, 1.82) is 0 Å². The zero-order chi connectivity index (χ0) is 15.5. The standard InChI is InChI=1S/C15H19IN2O3/c1-4-15(5-2,20-6-3)14-17-13(21-18-14)10-7-8-11(16)12(19)9-10/h7-9,19H,4-6H2,1-3H3. The number of halogens is 1. The molecule has 0 aliphatic heterocycles. The number of aromatic hydroxyl groups is 1. The molecule has 1 N–H and O–H groups in total. The fourth-order valence-corrected chi connectivity index (χ4v) is 2.62. The number of hydrogen-bond donors (Lipinski definition) is 1. The van der Waals surface area contributed by atoms with Gasteiger partial charge >= 0.3 is 0 Å². The average Bonchev–Trinajstić information content (AvgIpc) is 2.98. The molecule has 0 saturated heterocycles. The smallest absolute Gasteiger partial charge is 0.258 e. The Morgan fingerprint density at radius 1 is 1.29 bits per heavy atom. The van der Waals surface area contributed by atoms with Gasteiger partial charge in [-0.2, -0.15) is 4.98 Å². The summed E-state index contributed by atoms with van der Waals surface area (Å²) in [4.78, 5) is 4.47. The summed E-state index contributed by atoms with van der Waals surface area (Å²) in [7, 11) is 0. The van der Waals surface area contributed by atoms with E-state index in [2.05, 4.69) is 32.7 Å². The van der Waals surface area contributed by atoms with E-state index >= 15 is 0 Å². The molecule has 2 aromatic rings. The van der Waals surface area contributed by atoms with E-state index in [0.717, 1.165) is 16.4 Å². The normalized spacial score (nSPS) is 11.8. The molecule has 0 amide bonds. The third-order valence-electron chi connectivity index (χ3n) is 3.59. The minimum Gasteiger partial charge on any atom is -0.507 e. The second-order valence-corrected chi connectivity index (χ2v) is 5.89. The lowest BCUT2D eigenvalue weighted by atomic mass is 9.96. The Morgan fingerprint density at radius 3 is 2.57 bits per heavy atom. The molecule has 0 atom stereocenters. The SMILES string of the molecule is CCOC(CC)(CC)c1noc(-c2ccc(I)c(O)c2)n1. The molecular weight excluding hydrogens is 383 g/mol. The van der Waals surface area contributed by atoms with Crippen molar-refractivity contribution in [3.63, 3.8) is 0 Å². The summed E-state index contributed by atoms with van der Waals surface area (Å²) in [6, 6.07) is 5.28. The summed E-state index contributed by atoms with van der Waals surface area (Å²) >= 11 is 2.06. The fourth-order valence-electron chi connectivity index (χ4n) is 2.28. The summed E-state index contributed by atoms with van der Waals surface area (Å²) in [6.07, 6.45) is 1.54. The molecular formula is C15H19IN2O3. The Kier molecular flexibility index (Phi) is 5.21. The maximum atomic E-state index is 9.78. The molecule has 0 aliphatic carbocycles. The van der Waals surface area contributed by atoms with E-state index in [9.17, 15) is 5.11 Å².